The van der Waals surface area contributed by atoms with Gasteiger partial charge in [0.1, 0.15) is 30.9 Å². The van der Waals surface area contributed by atoms with Gasteiger partial charge in [-0.25, -0.2) is 0 Å². The quantitative estimate of drug-likeness (QED) is 0.608. The highest BCUT2D eigenvalue weighted by Crippen LogP contribution is 2.24. The van der Waals surface area contributed by atoms with Crippen LogP contribution in [0.4, 0.5) is 5.69 Å². The van der Waals surface area contributed by atoms with E-state index >= 15 is 0 Å². The third-order valence-corrected chi connectivity index (χ3v) is 6.45. The van der Waals surface area contributed by atoms with Crippen LogP contribution in [0.25, 0.3) is 0 Å². The average molecular weight is 392 g/mol. The van der Waals surface area contributed by atoms with E-state index in [4.69, 9.17) is 9.47 Å². The summed E-state index contributed by atoms with van der Waals surface area (Å²) in [5.74, 6) is 0.869. The second-order valence-corrected chi connectivity index (χ2v) is 8.45. The first-order valence-electron chi connectivity index (χ1n) is 10.8. The Kier molecular flexibility index (Phi) is 7.71. The molecule has 1 atom stereocenters. The number of hydrogen-bond donors (Lipinski definition) is 3. The van der Waals surface area contributed by atoms with Gasteiger partial charge >= 0.3 is 0 Å². The molecule has 1 saturated heterocycles. The van der Waals surface area contributed by atoms with Gasteiger partial charge in [0.25, 0.3) is 0 Å². The van der Waals surface area contributed by atoms with E-state index in [0.717, 1.165) is 44.3 Å². The van der Waals surface area contributed by atoms with E-state index in [1.165, 1.54) is 32.1 Å². The lowest BCUT2D eigenvalue weighted by atomic mass is 9.79. The molecular weight excluding hydrogens is 354 g/mol. The molecule has 0 spiro atoms. The number of carbonyl (C=O) groups excluding carboxylic acids is 1. The van der Waals surface area contributed by atoms with E-state index in [0.29, 0.717) is 12.0 Å². The number of amides is 1. The molecule has 0 aromatic heterocycles. The zero-order valence-electron chi connectivity index (χ0n) is 17.5. The van der Waals surface area contributed by atoms with Crippen molar-refractivity contribution >= 4 is 11.6 Å². The fourth-order valence-corrected chi connectivity index (χ4v) is 4.77. The summed E-state index contributed by atoms with van der Waals surface area (Å²) in [5.41, 5.74) is 1.18. The van der Waals surface area contributed by atoms with Gasteiger partial charge in [0, 0.05) is 18.5 Å². The smallest absolute Gasteiger partial charge is 0.230 e. The molecule has 1 aromatic rings. The molecule has 1 heterocycles. The normalized spacial score (nSPS) is 21.1. The van der Waals surface area contributed by atoms with Crippen LogP contribution >= 0.6 is 0 Å². The summed E-state index contributed by atoms with van der Waals surface area (Å²) in [7, 11) is 1.64. The maximum atomic E-state index is 12.4. The van der Waals surface area contributed by atoms with Gasteiger partial charge in [-0.1, -0.05) is 6.42 Å². The Morgan fingerprint density at radius 3 is 2.54 bits per heavy atom. The minimum Gasteiger partial charge on any atom is -0.497 e. The van der Waals surface area contributed by atoms with Gasteiger partial charge in [0.15, 0.2) is 0 Å². The maximum absolute atomic E-state index is 12.4. The van der Waals surface area contributed by atoms with Crippen molar-refractivity contribution in [2.75, 3.05) is 45.3 Å². The summed E-state index contributed by atoms with van der Waals surface area (Å²) in [6.07, 6.45) is 7.19. The van der Waals surface area contributed by atoms with Crippen molar-refractivity contribution in [1.29, 1.82) is 0 Å². The second-order valence-electron chi connectivity index (χ2n) is 8.45. The molecule has 2 aliphatic rings. The van der Waals surface area contributed by atoms with Crippen molar-refractivity contribution in [2.24, 2.45) is 0 Å². The zero-order valence-corrected chi connectivity index (χ0v) is 17.5. The maximum Gasteiger partial charge on any atom is 0.230 e. The van der Waals surface area contributed by atoms with Crippen LogP contribution in [0.15, 0.2) is 24.3 Å². The molecule has 0 unspecified atom stereocenters. The lowest BCUT2D eigenvalue weighted by Crippen LogP contribution is -3.25. The van der Waals surface area contributed by atoms with Crippen LogP contribution < -0.4 is 20.3 Å². The molecule has 1 amide bonds. The third kappa shape index (κ3) is 5.69. The van der Waals surface area contributed by atoms with Crippen molar-refractivity contribution in [3.63, 3.8) is 0 Å². The predicted molar refractivity (Wildman–Crippen MR) is 110 cm³/mol. The second kappa shape index (κ2) is 10.2. The summed E-state index contributed by atoms with van der Waals surface area (Å²) in [4.78, 5) is 14.2. The average Bonchev–Trinajstić information content (AvgIpc) is 2.74. The monoisotopic (exact) mass is 391 g/mol. The number of quaternary nitrogens is 2. The number of morpholine rings is 1. The van der Waals surface area contributed by atoms with Gasteiger partial charge in [0.2, 0.25) is 5.91 Å². The number of hydrogen-bond acceptors (Lipinski definition) is 3. The van der Waals surface area contributed by atoms with E-state index in [1.54, 1.807) is 12.0 Å². The number of nitrogens with one attached hydrogen (secondary N) is 2. The largest absolute Gasteiger partial charge is 0.497 e. The summed E-state index contributed by atoms with van der Waals surface area (Å²) in [5, 5.41) is 5.40. The van der Waals surface area contributed by atoms with Gasteiger partial charge < -0.3 is 25.0 Å². The number of nitrogens with two attached hydrogens (primary N) is 1. The topological polar surface area (TPSA) is 68.6 Å². The molecule has 1 aliphatic heterocycles. The van der Waals surface area contributed by atoms with Crippen LogP contribution in [0.2, 0.25) is 0 Å². The standard InChI is InChI=1S/C22H35N3O3/c1-18(16-21(26)24-19-6-8-20(27-2)9-7-19)23-17-22(10-4-3-5-11-22)25-12-14-28-15-13-25/h6-9,18,23H,3-5,10-17H2,1-2H3,(H,24,26)/p+2/t18-/m1/s1. The first-order valence-corrected chi connectivity index (χ1v) is 10.8. The van der Waals surface area contributed by atoms with Gasteiger partial charge in [-0.05, 0) is 44.0 Å². The zero-order chi connectivity index (χ0) is 19.8. The lowest BCUT2D eigenvalue weighted by Gasteiger charge is -2.43. The summed E-state index contributed by atoms with van der Waals surface area (Å²) in [6, 6.07) is 7.76. The Hall–Kier alpha value is -1.63. The summed E-state index contributed by atoms with van der Waals surface area (Å²) < 4.78 is 10.8. The number of carbonyl (C=O) groups is 1. The predicted octanol–water partition coefficient (Wildman–Crippen LogP) is 0.594. The van der Waals surface area contributed by atoms with Crippen LogP contribution in [0.1, 0.15) is 45.4 Å². The minimum atomic E-state index is 0.0744. The van der Waals surface area contributed by atoms with Gasteiger partial charge in [0.05, 0.1) is 32.8 Å². The van der Waals surface area contributed by atoms with Crippen molar-refractivity contribution in [1.82, 2.24) is 0 Å². The molecule has 2 fully saturated rings. The first kappa shape index (κ1) is 21.1. The molecule has 0 radical (unpaired) electrons. The Bertz CT molecular complexity index is 608. The van der Waals surface area contributed by atoms with Crippen molar-refractivity contribution in [2.45, 2.75) is 57.0 Å². The Balaban J connectivity index is 1.49. The molecule has 1 aliphatic carbocycles. The van der Waals surface area contributed by atoms with Crippen LogP contribution in [0, 0.1) is 0 Å². The number of benzene rings is 1. The highest BCUT2D eigenvalue weighted by Gasteiger charge is 2.44. The van der Waals surface area contributed by atoms with E-state index in [-0.39, 0.29) is 11.9 Å². The van der Waals surface area contributed by atoms with E-state index in [9.17, 15) is 4.79 Å². The summed E-state index contributed by atoms with van der Waals surface area (Å²) in [6.45, 7) is 7.30. The molecular formula is C22H37N3O3+2. The van der Waals surface area contributed by atoms with Gasteiger partial charge in [-0.2, -0.15) is 0 Å². The SMILES string of the molecule is COc1ccc(NC(=O)C[C@@H](C)[NH2+]CC2([NH+]3CCOCC3)CCCCC2)cc1. The molecule has 3 rings (SSSR count). The van der Waals surface area contributed by atoms with Crippen LogP contribution in [-0.4, -0.2) is 57.4 Å². The molecule has 6 heteroatoms. The van der Waals surface area contributed by atoms with Crippen LogP contribution in [0.5, 0.6) is 5.75 Å². The fourth-order valence-electron chi connectivity index (χ4n) is 4.77. The highest BCUT2D eigenvalue weighted by atomic mass is 16.5. The molecule has 4 N–H and O–H groups in total. The fraction of sp³-hybridized carbons (Fsp3) is 0.682. The molecule has 156 valence electrons. The number of rotatable bonds is 8. The third-order valence-electron chi connectivity index (χ3n) is 6.45. The number of anilines is 1. The molecule has 28 heavy (non-hydrogen) atoms. The van der Waals surface area contributed by atoms with E-state index in [1.807, 2.05) is 24.3 Å². The molecule has 6 nitrogen and oxygen atoms in total. The Morgan fingerprint density at radius 2 is 1.89 bits per heavy atom. The molecule has 0 bridgehead atoms. The van der Waals surface area contributed by atoms with Crippen molar-refractivity contribution < 1.29 is 24.5 Å². The molecule has 1 saturated carbocycles. The first-order chi connectivity index (χ1) is 13.6. The van der Waals surface area contributed by atoms with E-state index < -0.39 is 0 Å². The van der Waals surface area contributed by atoms with Crippen molar-refractivity contribution in [3.05, 3.63) is 24.3 Å². The highest BCUT2D eigenvalue weighted by molar-refractivity contribution is 5.90. The summed E-state index contributed by atoms with van der Waals surface area (Å²) >= 11 is 0. The molecule has 1 aromatic carbocycles. The van der Waals surface area contributed by atoms with Crippen LogP contribution in [0.3, 0.4) is 0 Å². The van der Waals surface area contributed by atoms with E-state index in [2.05, 4.69) is 17.6 Å². The van der Waals surface area contributed by atoms with Gasteiger partial charge in [-0.15, -0.1) is 0 Å². The number of ether oxygens (including phenoxy) is 2. The Labute approximate surface area is 169 Å². The van der Waals surface area contributed by atoms with Gasteiger partial charge in [-0.3, -0.25) is 4.79 Å². The van der Waals surface area contributed by atoms with Crippen LogP contribution in [-0.2, 0) is 9.53 Å². The Morgan fingerprint density at radius 1 is 1.21 bits per heavy atom. The lowest BCUT2D eigenvalue weighted by molar-refractivity contribution is -0.976. The number of methoxy groups -OCH3 is 1. The van der Waals surface area contributed by atoms with Crippen molar-refractivity contribution in [3.8, 4) is 5.75 Å². The minimum absolute atomic E-state index is 0.0744.